The van der Waals surface area contributed by atoms with E-state index in [0.717, 1.165) is 4.90 Å². The van der Waals surface area contributed by atoms with Gasteiger partial charge in [-0.25, -0.2) is 0 Å². The first-order valence-electron chi connectivity index (χ1n) is 7.96. The molecule has 0 unspecified atom stereocenters. The van der Waals surface area contributed by atoms with Crippen molar-refractivity contribution in [2.75, 3.05) is 0 Å². The Bertz CT molecular complexity index is 773. The van der Waals surface area contributed by atoms with Gasteiger partial charge < -0.3 is 0 Å². The molecule has 0 aromatic heterocycles. The summed E-state index contributed by atoms with van der Waals surface area (Å²) in [5.41, 5.74) is 6.57. The van der Waals surface area contributed by atoms with Crippen molar-refractivity contribution in [3.63, 3.8) is 0 Å². The minimum Gasteiger partial charge on any atom is -0.0579 e. The van der Waals surface area contributed by atoms with Gasteiger partial charge in [0, 0.05) is 0 Å². The van der Waals surface area contributed by atoms with Crippen LogP contribution in [0.25, 0.3) is 22.3 Å². The van der Waals surface area contributed by atoms with Crippen LogP contribution < -0.4 is 0 Å². The average molecular weight is 319 g/mol. The quantitative estimate of drug-likeness (QED) is 0.532. The fourth-order valence-corrected chi connectivity index (χ4v) is 2.85. The summed E-state index contributed by atoms with van der Waals surface area (Å²) in [5, 5.41) is 0. The molecule has 0 heterocycles. The van der Waals surface area contributed by atoms with E-state index in [1.54, 1.807) is 0 Å². The van der Waals surface area contributed by atoms with Gasteiger partial charge >= 0.3 is 0 Å². The zero-order valence-corrected chi connectivity index (χ0v) is 14.9. The van der Waals surface area contributed by atoms with Crippen molar-refractivity contribution >= 4 is 12.6 Å². The van der Waals surface area contributed by atoms with Gasteiger partial charge in [-0.1, -0.05) is 69.3 Å². The molecule has 0 amide bonds. The number of benzene rings is 3. The lowest BCUT2D eigenvalue weighted by Crippen LogP contribution is -2.10. The summed E-state index contributed by atoms with van der Waals surface area (Å²) < 4.78 is 0. The molecule has 0 aliphatic carbocycles. The predicted molar refractivity (Wildman–Crippen MR) is 104 cm³/mol. The summed E-state index contributed by atoms with van der Waals surface area (Å²) in [5.74, 6) is 0. The van der Waals surface area contributed by atoms with Crippen LogP contribution in [-0.4, -0.2) is 0 Å². The molecule has 0 nitrogen and oxygen atoms in total. The second kappa shape index (κ2) is 6.25. The first kappa shape index (κ1) is 15.9. The fourth-order valence-electron chi connectivity index (χ4n) is 2.68. The average Bonchev–Trinajstić information content (AvgIpc) is 2.55. The Morgan fingerprint density at radius 1 is 0.522 bits per heavy atom. The smallest absolute Gasteiger partial charge is 0.0579 e. The molecule has 0 aliphatic rings. The summed E-state index contributed by atoms with van der Waals surface area (Å²) in [6.45, 7) is 6.73. The second-order valence-electron chi connectivity index (χ2n) is 6.98. The molecule has 0 atom stereocenters. The molecular formula is C22H23S+. The lowest BCUT2D eigenvalue weighted by atomic mass is 9.86. The summed E-state index contributed by atoms with van der Waals surface area (Å²) in [4.78, 5) is 1.10. The van der Waals surface area contributed by atoms with Gasteiger partial charge in [0.15, 0.2) is 0 Å². The van der Waals surface area contributed by atoms with Gasteiger partial charge in [0.05, 0.1) is 0 Å². The normalized spacial score (nSPS) is 11.5. The lowest BCUT2D eigenvalue weighted by Gasteiger charge is -2.19. The highest BCUT2D eigenvalue weighted by molar-refractivity contribution is 7.58. The summed E-state index contributed by atoms with van der Waals surface area (Å²) in [6, 6.07) is 26.1. The second-order valence-corrected chi connectivity index (χ2v) is 7.56. The van der Waals surface area contributed by atoms with Crippen LogP contribution in [0.3, 0.4) is 0 Å². The van der Waals surface area contributed by atoms with E-state index >= 15 is 0 Å². The molecule has 1 heteroatoms. The van der Waals surface area contributed by atoms with E-state index in [1.807, 2.05) is 0 Å². The van der Waals surface area contributed by atoms with Crippen LogP contribution >= 0.6 is 0 Å². The highest BCUT2D eigenvalue weighted by atomic mass is 32.1. The lowest BCUT2D eigenvalue weighted by molar-refractivity contribution is 0.590. The number of rotatable bonds is 2. The fraction of sp³-hybridized carbons (Fsp3) is 0.182. The molecule has 0 N–H and O–H groups in total. The minimum absolute atomic E-state index is 0.198. The van der Waals surface area contributed by atoms with Gasteiger partial charge in [-0.2, -0.15) is 0 Å². The molecule has 0 spiro atoms. The largest absolute Gasteiger partial charge is 0.150 e. The predicted octanol–water partition coefficient (Wildman–Crippen LogP) is 5.69. The third-order valence-electron chi connectivity index (χ3n) is 4.19. The molecule has 0 radical (unpaired) electrons. The molecule has 0 bridgehead atoms. The first-order chi connectivity index (χ1) is 10.9. The highest BCUT2D eigenvalue weighted by Gasteiger charge is 2.13. The number of hydrogen-bond acceptors (Lipinski definition) is 0. The third-order valence-corrected chi connectivity index (χ3v) is 4.52. The van der Waals surface area contributed by atoms with E-state index in [2.05, 4.69) is 106 Å². The maximum absolute atomic E-state index is 3.53. The zero-order chi connectivity index (χ0) is 16.4. The van der Waals surface area contributed by atoms with E-state index in [0.29, 0.717) is 0 Å². The van der Waals surface area contributed by atoms with Gasteiger partial charge in [0.25, 0.3) is 0 Å². The molecule has 3 rings (SSSR count). The zero-order valence-electron chi connectivity index (χ0n) is 13.9. The van der Waals surface area contributed by atoms with Crippen molar-refractivity contribution in [3.8, 4) is 22.3 Å². The van der Waals surface area contributed by atoms with E-state index < -0.39 is 0 Å². The van der Waals surface area contributed by atoms with Gasteiger partial charge in [-0.05, 0) is 70.1 Å². The highest BCUT2D eigenvalue weighted by Crippen LogP contribution is 2.28. The first-order valence-corrected chi connectivity index (χ1v) is 8.46. The minimum atomic E-state index is 0.198. The van der Waals surface area contributed by atoms with Crippen LogP contribution in [0.1, 0.15) is 26.3 Å². The Labute approximate surface area is 144 Å². The van der Waals surface area contributed by atoms with E-state index in [1.165, 1.54) is 27.8 Å². The molecule has 3 aromatic carbocycles. The molecule has 3 aromatic rings. The van der Waals surface area contributed by atoms with E-state index in [-0.39, 0.29) is 5.41 Å². The topological polar surface area (TPSA) is 0 Å². The standard InChI is InChI=1S/C22H22S/c1-22(2,3)20-12-8-18(9-13-20)16-4-6-17(7-5-16)19-10-14-21(23)15-11-19/h4-15,23H,1-3H3/p+1. The van der Waals surface area contributed by atoms with Gasteiger partial charge in [-0.3, -0.25) is 0 Å². The van der Waals surface area contributed by atoms with Crippen LogP contribution in [-0.2, 0) is 18.0 Å². The van der Waals surface area contributed by atoms with Gasteiger partial charge in [0.2, 0.25) is 0 Å². The Balaban J connectivity index is 1.86. The van der Waals surface area contributed by atoms with Crippen molar-refractivity contribution in [2.24, 2.45) is 0 Å². The van der Waals surface area contributed by atoms with Crippen molar-refractivity contribution < 1.29 is 0 Å². The monoisotopic (exact) mass is 319 g/mol. The van der Waals surface area contributed by atoms with Crippen molar-refractivity contribution in [2.45, 2.75) is 31.1 Å². The van der Waals surface area contributed by atoms with E-state index in [4.69, 9.17) is 0 Å². The SMILES string of the molecule is CC(C)(C)c1ccc(-c2ccc(-c3ccc([SH2+])cc3)cc2)cc1. The molecule has 116 valence electrons. The third kappa shape index (κ3) is 3.68. The van der Waals surface area contributed by atoms with Crippen molar-refractivity contribution in [1.29, 1.82) is 0 Å². The Morgan fingerprint density at radius 3 is 1.17 bits per heavy atom. The Kier molecular flexibility index (Phi) is 4.32. The van der Waals surface area contributed by atoms with Crippen molar-refractivity contribution in [3.05, 3.63) is 78.4 Å². The molecule has 23 heavy (non-hydrogen) atoms. The van der Waals surface area contributed by atoms with Crippen LogP contribution in [0.2, 0.25) is 0 Å². The maximum Gasteiger partial charge on any atom is 0.150 e. The van der Waals surface area contributed by atoms with Crippen LogP contribution in [0, 0.1) is 0 Å². The molecule has 0 saturated carbocycles. The van der Waals surface area contributed by atoms with Crippen LogP contribution in [0.15, 0.2) is 77.7 Å². The van der Waals surface area contributed by atoms with Gasteiger partial charge in [0.1, 0.15) is 4.90 Å². The summed E-state index contributed by atoms with van der Waals surface area (Å²) >= 11 is 3.53. The number of hydrogen-bond donors (Lipinski definition) is 0. The summed E-state index contributed by atoms with van der Waals surface area (Å²) in [6.07, 6.45) is 0. The molecular weight excluding hydrogens is 296 g/mol. The van der Waals surface area contributed by atoms with Crippen molar-refractivity contribution in [1.82, 2.24) is 0 Å². The molecule has 0 saturated heterocycles. The van der Waals surface area contributed by atoms with Crippen LogP contribution in [0.5, 0.6) is 0 Å². The Morgan fingerprint density at radius 2 is 0.826 bits per heavy atom. The Hall–Kier alpha value is -1.99. The molecule has 0 fully saturated rings. The summed E-state index contributed by atoms with van der Waals surface area (Å²) in [7, 11) is 0. The van der Waals surface area contributed by atoms with E-state index in [9.17, 15) is 0 Å². The molecule has 0 aliphatic heterocycles. The maximum atomic E-state index is 3.53. The van der Waals surface area contributed by atoms with Gasteiger partial charge in [-0.15, -0.1) is 0 Å². The van der Waals surface area contributed by atoms with Crippen LogP contribution in [0.4, 0.5) is 0 Å².